The summed E-state index contributed by atoms with van der Waals surface area (Å²) in [4.78, 5) is 20.8. The lowest BCUT2D eigenvalue weighted by Crippen LogP contribution is -2.27. The third-order valence-electron chi connectivity index (χ3n) is 6.47. The summed E-state index contributed by atoms with van der Waals surface area (Å²) in [7, 11) is 0. The van der Waals surface area contributed by atoms with Crippen molar-refractivity contribution in [1.82, 2.24) is 29.9 Å². The Balaban J connectivity index is 1.50. The Morgan fingerprint density at radius 1 is 1.40 bits per heavy atom. The van der Waals surface area contributed by atoms with Crippen molar-refractivity contribution in [2.75, 3.05) is 11.9 Å². The van der Waals surface area contributed by atoms with E-state index in [-0.39, 0.29) is 6.04 Å². The van der Waals surface area contributed by atoms with Gasteiger partial charge in [0.25, 0.3) is 0 Å². The number of nitrogens with two attached hydrogens (primary N) is 1. The molecule has 182 valence electrons. The standard InChI is InChI=1S/C23H25BrN8O2S/c1-12-29-30-20(35-12)16-4-3-15(9-13(16)6-8-25)32-19-17(18(24)31-32)11-26-22(28-19)27-14-5-7-23(2,10-14)21(33)34/h3-4,9,11,14H,5-8,10,25H2,1-2H3,(H,33,34)(H,26,27,28)/t14-,23-/m1/s1. The molecule has 0 amide bonds. The van der Waals surface area contributed by atoms with E-state index in [1.54, 1.807) is 29.1 Å². The number of rotatable bonds is 7. The van der Waals surface area contributed by atoms with E-state index in [1.165, 1.54) is 0 Å². The Morgan fingerprint density at radius 2 is 2.23 bits per heavy atom. The number of halogens is 1. The smallest absolute Gasteiger partial charge is 0.309 e. The van der Waals surface area contributed by atoms with Crippen LogP contribution in [0.4, 0.5) is 5.95 Å². The van der Waals surface area contributed by atoms with E-state index >= 15 is 0 Å². The molecular weight excluding hydrogens is 532 g/mol. The number of hydrogen-bond donors (Lipinski definition) is 3. The van der Waals surface area contributed by atoms with E-state index in [0.717, 1.165) is 38.6 Å². The van der Waals surface area contributed by atoms with Gasteiger partial charge >= 0.3 is 5.97 Å². The lowest BCUT2D eigenvalue weighted by molar-refractivity contribution is -0.147. The summed E-state index contributed by atoms with van der Waals surface area (Å²) in [6, 6.07) is 6.06. The van der Waals surface area contributed by atoms with Crippen LogP contribution >= 0.6 is 27.3 Å². The van der Waals surface area contributed by atoms with Crippen molar-refractivity contribution < 1.29 is 9.90 Å². The van der Waals surface area contributed by atoms with Gasteiger partial charge in [0, 0.05) is 17.8 Å². The molecule has 12 heteroatoms. The van der Waals surface area contributed by atoms with Gasteiger partial charge in [-0.2, -0.15) is 10.1 Å². The molecule has 1 aromatic carbocycles. The number of nitrogens with zero attached hydrogens (tertiary/aromatic N) is 6. The number of carboxylic acid groups (broad SMARTS) is 1. The van der Waals surface area contributed by atoms with Gasteiger partial charge in [0.2, 0.25) is 5.95 Å². The number of benzene rings is 1. The second-order valence-electron chi connectivity index (χ2n) is 9.09. The molecule has 4 aromatic rings. The number of aromatic nitrogens is 6. The number of hydrogen-bond acceptors (Lipinski definition) is 9. The van der Waals surface area contributed by atoms with Crippen molar-refractivity contribution in [2.45, 2.75) is 45.6 Å². The number of nitrogens with one attached hydrogen (secondary N) is 1. The molecular formula is C23H25BrN8O2S. The second-order valence-corrected chi connectivity index (χ2v) is 11.0. The molecule has 0 aliphatic heterocycles. The Labute approximate surface area is 214 Å². The Morgan fingerprint density at radius 3 is 2.91 bits per heavy atom. The lowest BCUT2D eigenvalue weighted by atomic mass is 9.89. The van der Waals surface area contributed by atoms with Crippen LogP contribution in [0.3, 0.4) is 0 Å². The summed E-state index contributed by atoms with van der Waals surface area (Å²) >= 11 is 5.08. The highest BCUT2D eigenvalue weighted by molar-refractivity contribution is 9.10. The third-order valence-corrected chi connectivity index (χ3v) is 7.93. The molecule has 10 nitrogen and oxygen atoms in total. The number of anilines is 1. The number of aryl methyl sites for hydroxylation is 1. The number of carboxylic acids is 1. The number of fused-ring (bicyclic) bond motifs is 1. The van der Waals surface area contributed by atoms with Gasteiger partial charge in [-0.1, -0.05) is 11.3 Å². The van der Waals surface area contributed by atoms with E-state index in [0.29, 0.717) is 42.0 Å². The van der Waals surface area contributed by atoms with Crippen LogP contribution in [-0.2, 0) is 11.2 Å². The maximum Gasteiger partial charge on any atom is 0.309 e. The van der Waals surface area contributed by atoms with Gasteiger partial charge in [-0.25, -0.2) is 9.67 Å². The number of carbonyl (C=O) groups is 1. The SMILES string of the molecule is Cc1nnc(-c2ccc(-n3nc(Br)c4cnc(N[C@@H]5CC[C@@](C)(C(=O)O)C5)nc43)cc2CCN)s1. The molecule has 0 bridgehead atoms. The van der Waals surface area contributed by atoms with E-state index in [1.807, 2.05) is 19.1 Å². The Bertz CT molecular complexity index is 1420. The van der Waals surface area contributed by atoms with E-state index in [2.05, 4.69) is 47.6 Å². The van der Waals surface area contributed by atoms with Crippen molar-refractivity contribution >= 4 is 50.2 Å². The summed E-state index contributed by atoms with van der Waals surface area (Å²) < 4.78 is 2.42. The van der Waals surface area contributed by atoms with E-state index in [9.17, 15) is 9.90 Å². The fourth-order valence-corrected chi connectivity index (χ4v) is 5.74. The first kappa shape index (κ1) is 23.8. The van der Waals surface area contributed by atoms with Crippen molar-refractivity contribution in [2.24, 2.45) is 11.1 Å². The zero-order valence-corrected chi connectivity index (χ0v) is 21.7. The quantitative estimate of drug-likeness (QED) is 0.307. The summed E-state index contributed by atoms with van der Waals surface area (Å²) in [5.41, 5.74) is 8.75. The maximum absolute atomic E-state index is 11.6. The predicted octanol–water partition coefficient (Wildman–Crippen LogP) is 3.96. The molecule has 2 atom stereocenters. The van der Waals surface area contributed by atoms with Crippen LogP contribution < -0.4 is 11.1 Å². The molecule has 0 radical (unpaired) electrons. The van der Waals surface area contributed by atoms with Crippen LogP contribution in [-0.4, -0.2) is 53.6 Å². The topological polar surface area (TPSA) is 145 Å². The van der Waals surface area contributed by atoms with Crippen LogP contribution in [0.1, 0.15) is 36.8 Å². The monoisotopic (exact) mass is 556 g/mol. The molecule has 0 saturated heterocycles. The molecule has 3 aromatic heterocycles. The summed E-state index contributed by atoms with van der Waals surface area (Å²) in [5.74, 6) is -0.311. The summed E-state index contributed by atoms with van der Waals surface area (Å²) in [5, 5.41) is 28.5. The minimum absolute atomic E-state index is 0.000774. The molecule has 4 N–H and O–H groups in total. The Hall–Kier alpha value is -2.96. The minimum Gasteiger partial charge on any atom is -0.481 e. The third kappa shape index (κ3) is 4.53. The highest BCUT2D eigenvalue weighted by atomic mass is 79.9. The fourth-order valence-electron chi connectivity index (χ4n) is 4.55. The van der Waals surface area contributed by atoms with E-state index < -0.39 is 11.4 Å². The molecule has 1 fully saturated rings. The molecule has 3 heterocycles. The van der Waals surface area contributed by atoms with Crippen molar-refractivity contribution in [3.05, 3.63) is 39.6 Å². The number of aliphatic carboxylic acids is 1. The molecule has 0 unspecified atom stereocenters. The van der Waals surface area contributed by atoms with E-state index in [4.69, 9.17) is 10.7 Å². The van der Waals surface area contributed by atoms with Crippen LogP contribution in [0.5, 0.6) is 0 Å². The normalized spacial score (nSPS) is 19.9. The van der Waals surface area contributed by atoms with Crippen LogP contribution in [0.25, 0.3) is 27.3 Å². The Kier molecular flexibility index (Phi) is 6.28. The largest absolute Gasteiger partial charge is 0.481 e. The average Bonchev–Trinajstić information content (AvgIpc) is 3.52. The van der Waals surface area contributed by atoms with Gasteiger partial charge in [0.1, 0.15) is 14.6 Å². The summed E-state index contributed by atoms with van der Waals surface area (Å²) in [6.07, 6.45) is 4.32. The van der Waals surface area contributed by atoms with Gasteiger partial charge in [-0.3, -0.25) is 4.79 Å². The van der Waals surface area contributed by atoms with Crippen LogP contribution in [0.15, 0.2) is 29.0 Å². The maximum atomic E-state index is 11.6. The van der Waals surface area contributed by atoms with Gasteiger partial charge in [-0.15, -0.1) is 10.2 Å². The van der Waals surface area contributed by atoms with Crippen molar-refractivity contribution in [3.8, 4) is 16.3 Å². The van der Waals surface area contributed by atoms with Crippen LogP contribution in [0, 0.1) is 12.3 Å². The lowest BCUT2D eigenvalue weighted by Gasteiger charge is -2.18. The fraction of sp³-hybridized carbons (Fsp3) is 0.391. The van der Waals surface area contributed by atoms with Crippen LogP contribution in [0.2, 0.25) is 0 Å². The molecule has 1 saturated carbocycles. The highest BCUT2D eigenvalue weighted by Crippen LogP contribution is 2.39. The molecule has 0 spiro atoms. The summed E-state index contributed by atoms with van der Waals surface area (Å²) in [6.45, 7) is 4.23. The van der Waals surface area contributed by atoms with Crippen molar-refractivity contribution in [1.29, 1.82) is 0 Å². The van der Waals surface area contributed by atoms with Gasteiger partial charge in [-0.05, 0) is 85.8 Å². The predicted molar refractivity (Wildman–Crippen MR) is 138 cm³/mol. The second kappa shape index (κ2) is 9.25. The van der Waals surface area contributed by atoms with Gasteiger partial charge in [0.05, 0.1) is 16.5 Å². The molecule has 1 aliphatic carbocycles. The first-order valence-corrected chi connectivity index (χ1v) is 12.9. The molecule has 5 rings (SSSR count). The molecule has 35 heavy (non-hydrogen) atoms. The minimum atomic E-state index is -0.763. The first-order chi connectivity index (χ1) is 16.8. The average molecular weight is 557 g/mol. The first-order valence-electron chi connectivity index (χ1n) is 11.3. The zero-order chi connectivity index (χ0) is 24.7. The van der Waals surface area contributed by atoms with Gasteiger partial charge < -0.3 is 16.2 Å². The van der Waals surface area contributed by atoms with Crippen molar-refractivity contribution in [3.63, 3.8) is 0 Å². The highest BCUT2D eigenvalue weighted by Gasteiger charge is 2.41. The van der Waals surface area contributed by atoms with Gasteiger partial charge in [0.15, 0.2) is 5.65 Å². The zero-order valence-electron chi connectivity index (χ0n) is 19.3. The molecule has 1 aliphatic rings.